The third-order valence-electron chi connectivity index (χ3n) is 8.59. The number of halogens is 6. The minimum atomic E-state index is -4.60. The van der Waals surface area contributed by atoms with Gasteiger partial charge in [-0.1, -0.05) is 12.1 Å². The van der Waals surface area contributed by atoms with E-state index in [1.54, 1.807) is 48.8 Å². The molecule has 0 unspecified atom stereocenters. The molecule has 0 fully saturated rings. The second-order valence-electron chi connectivity index (χ2n) is 12.7. The number of nitrogens with one attached hydrogen (secondary N) is 1. The highest BCUT2D eigenvalue weighted by molar-refractivity contribution is 5.93. The number of alkyl halides is 6. The third-order valence-corrected chi connectivity index (χ3v) is 8.59. The molecule has 0 saturated heterocycles. The fraction of sp³-hybridized carbons (Fsp3) is 0.0750. The van der Waals surface area contributed by atoms with Crippen molar-refractivity contribution in [2.75, 3.05) is 11.1 Å². The van der Waals surface area contributed by atoms with Crippen molar-refractivity contribution in [3.05, 3.63) is 132 Å². The highest BCUT2D eigenvalue weighted by atomic mass is 19.4. The van der Waals surface area contributed by atoms with E-state index in [0.29, 0.717) is 61.0 Å². The number of nitrogen functional groups attached to an aromatic ring is 1. The Labute approximate surface area is 328 Å². The first-order valence-corrected chi connectivity index (χ1v) is 17.0. The molecule has 292 valence electrons. The van der Waals surface area contributed by atoms with Gasteiger partial charge in [-0.3, -0.25) is 14.8 Å². The van der Waals surface area contributed by atoms with Crippen molar-refractivity contribution in [2.24, 2.45) is 0 Å². The summed E-state index contributed by atoms with van der Waals surface area (Å²) in [5.41, 5.74) is 8.59. The van der Waals surface area contributed by atoms with E-state index in [1.165, 1.54) is 65.3 Å². The Balaban J connectivity index is 0.000000180. The van der Waals surface area contributed by atoms with Crippen molar-refractivity contribution >= 4 is 39.1 Å². The number of benzene rings is 2. The van der Waals surface area contributed by atoms with E-state index in [9.17, 15) is 41.7 Å². The van der Waals surface area contributed by atoms with Crippen LogP contribution in [0.3, 0.4) is 0 Å². The van der Waals surface area contributed by atoms with E-state index in [-0.39, 0.29) is 23.1 Å². The van der Waals surface area contributed by atoms with E-state index in [1.807, 2.05) is 0 Å². The van der Waals surface area contributed by atoms with Gasteiger partial charge in [0.1, 0.15) is 11.4 Å². The molecule has 2 aromatic carbocycles. The normalized spacial score (nSPS) is 11.4. The first kappa shape index (κ1) is 39.1. The molecule has 59 heavy (non-hydrogen) atoms. The maximum Gasteiger partial charge on any atom is 0.433 e. The molecule has 0 aliphatic carbocycles. The highest BCUT2D eigenvalue weighted by Gasteiger charge is 2.33. The molecule has 8 rings (SSSR count). The largest absolute Gasteiger partial charge is 0.433 e. The van der Waals surface area contributed by atoms with Crippen LogP contribution in [0, 0.1) is 22.7 Å². The summed E-state index contributed by atoms with van der Waals surface area (Å²) in [6.07, 6.45) is -0.232. The number of hydrogen-bond acceptors (Lipinski definition) is 10. The van der Waals surface area contributed by atoms with Gasteiger partial charge in [0.25, 0.3) is 0 Å². The standard InChI is InChI=1S/C21H13F3N6O.C19H11F3N6/c1-12(31)28-16-6-15(9-26-10-16)13-5-14(8-25)17-11-27-30(18(17)7-13)20-4-2-3-19(29-20)21(22,23)24;20-19(21,22)17-2-1-3-18(27-17)28-16-6-11(13-5-14(24)9-25-8-13)4-12(7-23)15(16)10-26-28/h2-7,9-11H,1H3,(H,28,31);1-6,8-10H,24H2. The Kier molecular flexibility index (Phi) is 10.2. The smallest absolute Gasteiger partial charge is 0.397 e. The fourth-order valence-electron chi connectivity index (χ4n) is 6.02. The Morgan fingerprint density at radius 2 is 1.12 bits per heavy atom. The van der Waals surface area contributed by atoms with Crippen LogP contribution in [0.15, 0.2) is 110 Å². The van der Waals surface area contributed by atoms with Crippen LogP contribution in [0.25, 0.3) is 55.7 Å². The fourth-order valence-corrected chi connectivity index (χ4v) is 6.02. The van der Waals surface area contributed by atoms with Gasteiger partial charge in [-0.2, -0.15) is 47.1 Å². The summed E-state index contributed by atoms with van der Waals surface area (Å²) in [5.74, 6) is -0.298. The number of aromatic nitrogens is 8. The van der Waals surface area contributed by atoms with Gasteiger partial charge >= 0.3 is 12.4 Å². The predicted octanol–water partition coefficient (Wildman–Crippen LogP) is 8.29. The number of fused-ring (bicyclic) bond motifs is 2. The van der Waals surface area contributed by atoms with Crippen molar-refractivity contribution in [1.29, 1.82) is 10.5 Å². The Morgan fingerprint density at radius 1 is 0.644 bits per heavy atom. The summed E-state index contributed by atoms with van der Waals surface area (Å²) in [6, 6.07) is 21.3. The first-order valence-electron chi connectivity index (χ1n) is 17.0. The zero-order valence-corrected chi connectivity index (χ0v) is 30.1. The molecule has 0 aliphatic heterocycles. The molecular formula is C40H24F6N12O. The zero-order valence-electron chi connectivity index (χ0n) is 30.1. The molecule has 0 spiro atoms. The lowest BCUT2D eigenvalue weighted by molar-refractivity contribution is -0.141. The van der Waals surface area contributed by atoms with Crippen LogP contribution >= 0.6 is 0 Å². The molecule has 19 heteroatoms. The van der Waals surface area contributed by atoms with Gasteiger partial charge in [-0.15, -0.1) is 0 Å². The second-order valence-corrected chi connectivity index (χ2v) is 12.7. The summed E-state index contributed by atoms with van der Waals surface area (Å²) in [5, 5.41) is 31.0. The summed E-state index contributed by atoms with van der Waals surface area (Å²) in [4.78, 5) is 26.8. The first-order chi connectivity index (χ1) is 28.1. The molecule has 1 amide bonds. The lowest BCUT2D eigenvalue weighted by Gasteiger charge is -2.10. The Hall–Kier alpha value is -8.19. The number of carbonyl (C=O) groups excluding carboxylic acids is 1. The molecule has 0 radical (unpaired) electrons. The minimum Gasteiger partial charge on any atom is -0.397 e. The van der Waals surface area contributed by atoms with Crippen molar-refractivity contribution < 1.29 is 31.1 Å². The number of nitrogens with two attached hydrogens (primary N) is 1. The van der Waals surface area contributed by atoms with Crippen molar-refractivity contribution in [1.82, 2.24) is 39.5 Å². The van der Waals surface area contributed by atoms with Crippen molar-refractivity contribution in [3.63, 3.8) is 0 Å². The maximum absolute atomic E-state index is 13.1. The number of nitriles is 2. The lowest BCUT2D eigenvalue weighted by Crippen LogP contribution is -2.10. The lowest BCUT2D eigenvalue weighted by atomic mass is 10.0. The molecule has 0 aliphatic rings. The predicted molar refractivity (Wildman–Crippen MR) is 202 cm³/mol. The Morgan fingerprint density at radius 3 is 1.56 bits per heavy atom. The molecule has 6 heterocycles. The molecule has 0 saturated carbocycles. The number of anilines is 2. The van der Waals surface area contributed by atoms with E-state index in [4.69, 9.17) is 5.73 Å². The molecular weight excluding hydrogens is 779 g/mol. The number of nitrogens with zero attached hydrogens (tertiary/aromatic N) is 10. The maximum atomic E-state index is 13.1. The van der Waals surface area contributed by atoms with Crippen LogP contribution < -0.4 is 11.1 Å². The number of hydrogen-bond donors (Lipinski definition) is 2. The second kappa shape index (κ2) is 15.4. The molecule has 13 nitrogen and oxygen atoms in total. The number of rotatable bonds is 5. The van der Waals surface area contributed by atoms with Gasteiger partial charge in [-0.05, 0) is 71.8 Å². The van der Waals surface area contributed by atoms with Gasteiger partial charge in [0, 0.05) is 47.4 Å². The zero-order chi connectivity index (χ0) is 42.1. The van der Waals surface area contributed by atoms with Gasteiger partial charge in [-0.25, -0.2) is 19.3 Å². The van der Waals surface area contributed by atoms with Crippen molar-refractivity contribution in [2.45, 2.75) is 19.3 Å². The topological polar surface area (TPSA) is 190 Å². The van der Waals surface area contributed by atoms with Crippen LogP contribution in [-0.2, 0) is 17.1 Å². The number of amides is 1. The highest BCUT2D eigenvalue weighted by Crippen LogP contribution is 2.33. The van der Waals surface area contributed by atoms with Gasteiger partial charge in [0.15, 0.2) is 11.6 Å². The van der Waals surface area contributed by atoms with Crippen LogP contribution in [0.2, 0.25) is 0 Å². The molecule has 0 atom stereocenters. The molecule has 8 aromatic rings. The SMILES string of the molecule is CC(=O)Nc1cncc(-c2cc(C#N)c3cnn(-c4cccc(C(F)(F)F)n4)c3c2)c1.N#Cc1cc(-c2cncc(N)c2)cc2c1cnn2-c1cccc(C(F)(F)F)n1. The monoisotopic (exact) mass is 802 g/mol. The quantitative estimate of drug-likeness (QED) is 0.160. The Bertz CT molecular complexity index is 2990. The van der Waals surface area contributed by atoms with Gasteiger partial charge in [0.05, 0.1) is 64.3 Å². The van der Waals surface area contributed by atoms with Crippen LogP contribution in [-0.4, -0.2) is 45.4 Å². The van der Waals surface area contributed by atoms with Gasteiger partial charge < -0.3 is 11.1 Å². The minimum absolute atomic E-state index is 0.00318. The number of pyridine rings is 4. The van der Waals surface area contributed by atoms with E-state index in [2.05, 4.69) is 47.6 Å². The molecule has 0 bridgehead atoms. The molecule has 3 N–H and O–H groups in total. The summed E-state index contributed by atoms with van der Waals surface area (Å²) < 4.78 is 80.8. The molecule has 6 aromatic heterocycles. The van der Waals surface area contributed by atoms with E-state index in [0.717, 1.165) is 12.1 Å². The summed E-state index contributed by atoms with van der Waals surface area (Å²) >= 11 is 0. The van der Waals surface area contributed by atoms with Crippen LogP contribution in [0.1, 0.15) is 29.4 Å². The summed E-state index contributed by atoms with van der Waals surface area (Å²) in [6.45, 7) is 1.37. The van der Waals surface area contributed by atoms with Crippen LogP contribution in [0.5, 0.6) is 0 Å². The average molecular weight is 803 g/mol. The van der Waals surface area contributed by atoms with Crippen LogP contribution in [0.4, 0.5) is 37.7 Å². The third kappa shape index (κ3) is 8.20. The van der Waals surface area contributed by atoms with Crippen molar-refractivity contribution in [3.8, 4) is 46.0 Å². The average Bonchev–Trinajstić information content (AvgIpc) is 3.85. The van der Waals surface area contributed by atoms with E-state index < -0.39 is 23.7 Å². The van der Waals surface area contributed by atoms with Gasteiger partial charge in [0.2, 0.25) is 5.91 Å². The number of carbonyl (C=O) groups is 1. The summed E-state index contributed by atoms with van der Waals surface area (Å²) in [7, 11) is 0. The van der Waals surface area contributed by atoms with E-state index >= 15 is 0 Å².